The lowest BCUT2D eigenvalue weighted by molar-refractivity contribution is 0.101. The smallest absolute Gasteiger partial charge is 0.255 e. The van der Waals surface area contributed by atoms with Gasteiger partial charge in [-0.1, -0.05) is 24.3 Å². The molecule has 0 bridgehead atoms. The Labute approximate surface area is 448 Å². The molecule has 0 spiro atoms. The first-order valence-corrected chi connectivity index (χ1v) is 25.8. The molecule has 0 atom stereocenters. The van der Waals surface area contributed by atoms with E-state index >= 15 is 0 Å². The molecule has 0 aromatic heterocycles. The highest BCUT2D eigenvalue weighted by Gasteiger charge is 2.23. The number of amides is 4. The van der Waals surface area contributed by atoms with Gasteiger partial charge in [0.25, 0.3) is 23.6 Å². The number of ketones is 1. The van der Waals surface area contributed by atoms with Crippen molar-refractivity contribution >= 4 is 84.7 Å². The summed E-state index contributed by atoms with van der Waals surface area (Å²) in [6.45, 7) is 15.5. The van der Waals surface area contributed by atoms with Gasteiger partial charge in [0.1, 0.15) is 0 Å². The lowest BCUT2D eigenvalue weighted by atomic mass is 10.0. The third-order valence-electron chi connectivity index (χ3n) is 13.4. The second kappa shape index (κ2) is 22.9. The summed E-state index contributed by atoms with van der Waals surface area (Å²) in [5.74, 6) is -1.79. The number of nitrogens with two attached hydrogens (primary N) is 4. The Balaban J connectivity index is 0.000000224. The van der Waals surface area contributed by atoms with Crippen molar-refractivity contribution in [2.75, 3.05) is 44.2 Å². The molecule has 0 unspecified atom stereocenters. The Bertz CT molecular complexity index is 3580. The normalized spacial score (nSPS) is 10.9. The van der Waals surface area contributed by atoms with Crippen molar-refractivity contribution in [3.63, 3.8) is 0 Å². The summed E-state index contributed by atoms with van der Waals surface area (Å²) in [5, 5.41) is 11.0. The predicted octanol–water partition coefficient (Wildman–Crippen LogP) is 11.2. The summed E-state index contributed by atoms with van der Waals surface area (Å²) < 4.78 is 27.1. The van der Waals surface area contributed by atoms with Crippen LogP contribution in [0.1, 0.15) is 102 Å². The number of benzene rings is 8. The van der Waals surface area contributed by atoms with Gasteiger partial charge in [0.2, 0.25) is 9.84 Å². The zero-order valence-corrected chi connectivity index (χ0v) is 44.7. The number of nitrogen functional groups attached to an aromatic ring is 4. The van der Waals surface area contributed by atoms with E-state index in [9.17, 15) is 32.4 Å². The number of carbonyl (C=O) groups is 5. The van der Waals surface area contributed by atoms with Crippen molar-refractivity contribution in [3.05, 3.63) is 223 Å². The third-order valence-corrected chi connectivity index (χ3v) is 15.1. The van der Waals surface area contributed by atoms with Gasteiger partial charge in [-0.15, -0.1) is 0 Å². The van der Waals surface area contributed by atoms with E-state index in [1.807, 2.05) is 79.7 Å². The SMILES string of the molecule is Cc1ccc(C(=O)Nc2cc(C(=O)c3ccc(N)c(NC(=O)c4ccc(C)c(C)c4)c3)ccc2N)cc1C.Cc1ccc(C(=O)Nc2cc(S(=O)(=O)c3ccc(N)c(NC(=O)c4ccc(C)c(C)c4)c3)ccc2N)cc1C. The predicted molar refractivity (Wildman–Crippen MR) is 308 cm³/mol. The molecule has 0 fully saturated rings. The van der Waals surface area contributed by atoms with Gasteiger partial charge < -0.3 is 44.2 Å². The summed E-state index contributed by atoms with van der Waals surface area (Å²) >= 11 is 0. The molecule has 0 radical (unpaired) electrons. The zero-order chi connectivity index (χ0) is 56.0. The lowest BCUT2D eigenvalue weighted by Crippen LogP contribution is -2.15. The van der Waals surface area contributed by atoms with Crippen LogP contribution >= 0.6 is 0 Å². The van der Waals surface area contributed by atoms with Crippen molar-refractivity contribution in [1.82, 2.24) is 0 Å². The topological polar surface area (TPSA) is 272 Å². The van der Waals surface area contributed by atoms with Crippen LogP contribution in [-0.4, -0.2) is 37.8 Å². The second-order valence-corrected chi connectivity index (χ2v) is 20.9. The van der Waals surface area contributed by atoms with Crippen LogP contribution in [0.3, 0.4) is 0 Å². The van der Waals surface area contributed by atoms with E-state index < -0.39 is 21.7 Å². The minimum absolute atomic E-state index is 0.0803. The molecule has 392 valence electrons. The van der Waals surface area contributed by atoms with Gasteiger partial charge in [0.15, 0.2) is 5.78 Å². The first kappa shape index (κ1) is 55.2. The number of carbonyl (C=O) groups excluding carboxylic acids is 5. The van der Waals surface area contributed by atoms with E-state index in [1.54, 1.807) is 84.9 Å². The molecule has 0 saturated carbocycles. The van der Waals surface area contributed by atoms with Gasteiger partial charge in [-0.2, -0.15) is 0 Å². The van der Waals surface area contributed by atoms with E-state index in [4.69, 9.17) is 22.9 Å². The zero-order valence-electron chi connectivity index (χ0n) is 43.9. The number of rotatable bonds is 12. The minimum atomic E-state index is -4.06. The molecule has 0 aliphatic carbocycles. The van der Waals surface area contributed by atoms with Crippen LogP contribution in [0.4, 0.5) is 45.5 Å². The number of nitrogens with one attached hydrogen (secondary N) is 4. The van der Waals surface area contributed by atoms with Gasteiger partial charge in [0.05, 0.1) is 55.3 Å². The molecule has 8 rings (SSSR count). The van der Waals surface area contributed by atoms with Gasteiger partial charge in [-0.25, -0.2) is 8.42 Å². The lowest BCUT2D eigenvalue weighted by Gasteiger charge is -2.14. The molecule has 0 heterocycles. The van der Waals surface area contributed by atoms with E-state index in [2.05, 4.69) is 21.3 Å². The Morgan fingerprint density at radius 1 is 0.299 bits per heavy atom. The Morgan fingerprint density at radius 3 is 0.792 bits per heavy atom. The monoisotopic (exact) mass is 1050 g/mol. The summed E-state index contributed by atoms with van der Waals surface area (Å²) in [6.07, 6.45) is 0. The molecule has 16 heteroatoms. The molecule has 4 amide bonds. The highest BCUT2D eigenvalue weighted by atomic mass is 32.2. The summed E-state index contributed by atoms with van der Waals surface area (Å²) in [5.41, 5.74) is 37.0. The average Bonchev–Trinajstić information content (AvgIpc) is 3.40. The second-order valence-electron chi connectivity index (χ2n) is 18.9. The highest BCUT2D eigenvalue weighted by molar-refractivity contribution is 7.91. The number of sulfone groups is 1. The van der Waals surface area contributed by atoms with Crippen molar-refractivity contribution in [3.8, 4) is 0 Å². The quantitative estimate of drug-likeness (QED) is 0.0421. The highest BCUT2D eigenvalue weighted by Crippen LogP contribution is 2.32. The maximum absolute atomic E-state index is 13.5. The molecule has 0 aliphatic rings. The molecule has 77 heavy (non-hydrogen) atoms. The first-order chi connectivity index (χ1) is 36.4. The molecular formula is C61H60N8O7S. The number of hydrogen-bond donors (Lipinski definition) is 8. The fourth-order valence-electron chi connectivity index (χ4n) is 7.84. The van der Waals surface area contributed by atoms with Crippen LogP contribution in [0.2, 0.25) is 0 Å². The van der Waals surface area contributed by atoms with Crippen molar-refractivity contribution in [2.45, 2.75) is 65.2 Å². The maximum Gasteiger partial charge on any atom is 0.255 e. The standard InChI is InChI=1S/C31H30N4O3.C30H30N4O4S/c1-17-5-7-23(13-19(17)3)30(37)34-27-15-21(9-11-25(27)32)29(36)22-10-12-26(33)28(16-22)35-31(38)24-8-6-18(2)20(4)14-24;1-17-5-7-21(13-19(17)3)29(35)33-27-15-23(9-11-25(27)31)39(37,38)24-10-12-26(32)28(16-24)34-30(36)22-8-6-18(2)20(4)14-22/h5-16H,32-33H2,1-4H3,(H,34,37)(H,35,38);5-16H,31-32H2,1-4H3,(H,33,35)(H,34,36). The van der Waals surface area contributed by atoms with Gasteiger partial charge >= 0.3 is 0 Å². The third kappa shape index (κ3) is 12.9. The fraction of sp³-hybridized carbons (Fsp3) is 0.131. The summed E-state index contributed by atoms with van der Waals surface area (Å²) in [6, 6.07) is 39.0. The Kier molecular flexibility index (Phi) is 16.4. The van der Waals surface area contributed by atoms with E-state index in [0.29, 0.717) is 56.1 Å². The van der Waals surface area contributed by atoms with E-state index in [1.165, 1.54) is 36.4 Å². The molecule has 0 saturated heterocycles. The van der Waals surface area contributed by atoms with Crippen molar-refractivity contribution < 1.29 is 32.4 Å². The van der Waals surface area contributed by atoms with E-state index in [-0.39, 0.29) is 50.1 Å². The summed E-state index contributed by atoms with van der Waals surface area (Å²) in [4.78, 5) is 64.5. The average molecular weight is 1050 g/mol. The van der Waals surface area contributed by atoms with Gasteiger partial charge in [0, 0.05) is 33.4 Å². The van der Waals surface area contributed by atoms with Crippen LogP contribution in [0, 0.1) is 55.4 Å². The summed E-state index contributed by atoms with van der Waals surface area (Å²) in [7, 11) is -4.06. The minimum Gasteiger partial charge on any atom is -0.397 e. The molecule has 8 aromatic carbocycles. The van der Waals surface area contributed by atoms with Gasteiger partial charge in [-0.3, -0.25) is 24.0 Å². The molecular weight excluding hydrogens is 989 g/mol. The maximum atomic E-state index is 13.5. The van der Waals surface area contributed by atoms with Crippen LogP contribution in [0.5, 0.6) is 0 Å². The Hall–Kier alpha value is -9.54. The van der Waals surface area contributed by atoms with Crippen LogP contribution in [0.25, 0.3) is 0 Å². The van der Waals surface area contributed by atoms with Crippen LogP contribution < -0.4 is 44.2 Å². The molecule has 0 aliphatic heterocycles. The number of anilines is 8. The van der Waals surface area contributed by atoms with Crippen molar-refractivity contribution in [2.24, 2.45) is 0 Å². The molecule has 15 nitrogen and oxygen atoms in total. The molecule has 12 N–H and O–H groups in total. The largest absolute Gasteiger partial charge is 0.397 e. The Morgan fingerprint density at radius 2 is 0.532 bits per heavy atom. The van der Waals surface area contributed by atoms with Crippen molar-refractivity contribution in [1.29, 1.82) is 0 Å². The van der Waals surface area contributed by atoms with E-state index in [0.717, 1.165) is 44.5 Å². The molecule has 8 aromatic rings. The fourth-order valence-corrected chi connectivity index (χ4v) is 9.16. The van der Waals surface area contributed by atoms with Crippen LogP contribution in [0.15, 0.2) is 155 Å². The van der Waals surface area contributed by atoms with Crippen LogP contribution in [-0.2, 0) is 9.84 Å². The van der Waals surface area contributed by atoms with Gasteiger partial charge in [-0.05, 0) is 221 Å². The number of hydrogen-bond acceptors (Lipinski definition) is 11. The number of aryl methyl sites for hydroxylation is 8. The first-order valence-electron chi connectivity index (χ1n) is 24.3.